The minimum Gasteiger partial charge on any atom is -0.434 e. The summed E-state index contributed by atoms with van der Waals surface area (Å²) in [7, 11) is 0. The van der Waals surface area contributed by atoms with Gasteiger partial charge in [-0.3, -0.25) is 4.90 Å². The fraction of sp³-hybridized carbons (Fsp3) is 0.538. The van der Waals surface area contributed by atoms with Crippen molar-refractivity contribution in [3.05, 3.63) is 28.8 Å². The summed E-state index contributed by atoms with van der Waals surface area (Å²) in [5.74, 6) is 0.142. The molecule has 1 aromatic carbocycles. The Kier molecular flexibility index (Phi) is 4.96. The molecule has 0 radical (unpaired) electrons. The Hall–Kier alpha value is -0.910. The predicted octanol–water partition coefficient (Wildman–Crippen LogP) is 2.90. The first-order valence-electron chi connectivity index (χ1n) is 6.18. The smallest absolute Gasteiger partial charge is 0.387 e. The highest BCUT2D eigenvalue weighted by Gasteiger charge is 2.25. The maximum absolute atomic E-state index is 12.3. The van der Waals surface area contributed by atoms with Crippen molar-refractivity contribution in [1.82, 2.24) is 4.90 Å². The average molecular weight is 292 g/mol. The third kappa shape index (κ3) is 3.78. The van der Waals surface area contributed by atoms with Crippen LogP contribution < -0.4 is 4.74 Å². The number of halogens is 3. The number of alkyl halides is 2. The lowest BCUT2D eigenvalue weighted by Crippen LogP contribution is -2.31. The quantitative estimate of drug-likeness (QED) is 0.905. The van der Waals surface area contributed by atoms with E-state index in [1.165, 1.54) is 12.1 Å². The normalized spacial score (nSPS) is 20.2. The van der Waals surface area contributed by atoms with Crippen LogP contribution in [0, 0.1) is 0 Å². The number of hydrogen-bond donors (Lipinski definition) is 1. The molecule has 0 amide bonds. The zero-order valence-corrected chi connectivity index (χ0v) is 11.1. The Morgan fingerprint density at radius 2 is 2.26 bits per heavy atom. The second-order valence-corrected chi connectivity index (χ2v) is 5.02. The summed E-state index contributed by atoms with van der Waals surface area (Å²) in [5, 5.41) is 9.75. The molecule has 1 heterocycles. The summed E-state index contributed by atoms with van der Waals surface area (Å²) in [6, 6.07) is 4.69. The number of aliphatic hydroxyl groups is 1. The van der Waals surface area contributed by atoms with E-state index in [-0.39, 0.29) is 18.4 Å². The molecule has 1 saturated heterocycles. The Morgan fingerprint density at radius 3 is 2.95 bits per heavy atom. The maximum Gasteiger partial charge on any atom is 0.387 e. The summed E-state index contributed by atoms with van der Waals surface area (Å²) in [4.78, 5) is 2.06. The van der Waals surface area contributed by atoms with Gasteiger partial charge in [-0.05, 0) is 37.6 Å². The molecule has 1 N–H and O–H groups in total. The zero-order chi connectivity index (χ0) is 13.8. The highest BCUT2D eigenvalue weighted by atomic mass is 35.5. The molecule has 1 atom stereocenters. The van der Waals surface area contributed by atoms with Crippen molar-refractivity contribution in [2.75, 3.05) is 13.2 Å². The average Bonchev–Trinajstić information content (AvgIpc) is 2.79. The largest absolute Gasteiger partial charge is 0.434 e. The van der Waals surface area contributed by atoms with Crippen LogP contribution in [0.1, 0.15) is 18.4 Å². The van der Waals surface area contributed by atoms with Gasteiger partial charge >= 0.3 is 6.61 Å². The highest BCUT2D eigenvalue weighted by molar-refractivity contribution is 6.30. The molecule has 19 heavy (non-hydrogen) atoms. The molecule has 6 heteroatoms. The molecule has 2 rings (SSSR count). The van der Waals surface area contributed by atoms with Gasteiger partial charge in [0, 0.05) is 23.2 Å². The van der Waals surface area contributed by atoms with Crippen LogP contribution in [0.15, 0.2) is 18.2 Å². The first-order chi connectivity index (χ1) is 9.10. The fourth-order valence-electron chi connectivity index (χ4n) is 2.41. The first-order valence-corrected chi connectivity index (χ1v) is 6.56. The molecule has 0 saturated carbocycles. The molecule has 0 unspecified atom stereocenters. The number of rotatable bonds is 5. The number of ether oxygens (including phenoxy) is 1. The van der Waals surface area contributed by atoms with Crippen molar-refractivity contribution in [3.63, 3.8) is 0 Å². The number of likely N-dealkylation sites (tertiary alicyclic amines) is 1. The van der Waals surface area contributed by atoms with Gasteiger partial charge in [-0.1, -0.05) is 11.6 Å². The van der Waals surface area contributed by atoms with Gasteiger partial charge in [-0.2, -0.15) is 8.78 Å². The standard InChI is InChI=1S/C13H16ClF2NO2/c14-10-3-4-12(19-13(15)16)9(6-10)7-17-5-1-2-11(17)8-18/h3-4,6,11,13,18H,1-2,5,7-8H2/t11-/m0/s1. The molecule has 1 aliphatic rings. The summed E-state index contributed by atoms with van der Waals surface area (Å²) in [6.45, 7) is -1.49. The first kappa shape index (κ1) is 14.5. The summed E-state index contributed by atoms with van der Waals surface area (Å²) in [5.41, 5.74) is 0.619. The van der Waals surface area contributed by atoms with E-state index in [0.717, 1.165) is 19.4 Å². The summed E-state index contributed by atoms with van der Waals surface area (Å²) >= 11 is 5.90. The molecule has 3 nitrogen and oxygen atoms in total. The lowest BCUT2D eigenvalue weighted by molar-refractivity contribution is -0.0508. The third-order valence-electron chi connectivity index (χ3n) is 3.32. The van der Waals surface area contributed by atoms with Crippen molar-refractivity contribution in [1.29, 1.82) is 0 Å². The van der Waals surface area contributed by atoms with E-state index < -0.39 is 6.61 Å². The summed E-state index contributed by atoms with van der Waals surface area (Å²) < 4.78 is 29.2. The third-order valence-corrected chi connectivity index (χ3v) is 3.56. The Bertz CT molecular complexity index is 431. The van der Waals surface area contributed by atoms with Crippen molar-refractivity contribution >= 4 is 11.6 Å². The Morgan fingerprint density at radius 1 is 1.47 bits per heavy atom. The van der Waals surface area contributed by atoms with Crippen LogP contribution in [0.2, 0.25) is 5.02 Å². The maximum atomic E-state index is 12.3. The van der Waals surface area contributed by atoms with Crippen LogP contribution in [-0.4, -0.2) is 35.8 Å². The van der Waals surface area contributed by atoms with E-state index in [1.807, 2.05) is 0 Å². The van der Waals surface area contributed by atoms with E-state index in [9.17, 15) is 13.9 Å². The van der Waals surface area contributed by atoms with Gasteiger partial charge in [0.2, 0.25) is 0 Å². The minimum atomic E-state index is -2.85. The van der Waals surface area contributed by atoms with Crippen molar-refractivity contribution in [2.24, 2.45) is 0 Å². The van der Waals surface area contributed by atoms with E-state index in [0.29, 0.717) is 17.1 Å². The molecule has 1 aromatic rings. The van der Waals surface area contributed by atoms with E-state index in [2.05, 4.69) is 9.64 Å². The molecule has 0 spiro atoms. The number of benzene rings is 1. The van der Waals surface area contributed by atoms with Crippen molar-refractivity contribution < 1.29 is 18.6 Å². The number of nitrogens with zero attached hydrogens (tertiary/aromatic N) is 1. The fourth-order valence-corrected chi connectivity index (χ4v) is 2.61. The van der Waals surface area contributed by atoms with Crippen LogP contribution >= 0.6 is 11.6 Å². The van der Waals surface area contributed by atoms with E-state index in [4.69, 9.17) is 11.6 Å². The molecule has 0 aliphatic carbocycles. The summed E-state index contributed by atoms with van der Waals surface area (Å²) in [6.07, 6.45) is 1.92. The van der Waals surface area contributed by atoms with Crippen LogP contribution in [-0.2, 0) is 6.54 Å². The van der Waals surface area contributed by atoms with Gasteiger partial charge in [0.05, 0.1) is 6.61 Å². The van der Waals surface area contributed by atoms with Gasteiger partial charge < -0.3 is 9.84 Å². The minimum absolute atomic E-state index is 0.0750. The van der Waals surface area contributed by atoms with Gasteiger partial charge in [0.1, 0.15) is 5.75 Å². The lowest BCUT2D eigenvalue weighted by atomic mass is 10.1. The topological polar surface area (TPSA) is 32.7 Å². The molecule has 0 bridgehead atoms. The van der Waals surface area contributed by atoms with Crippen LogP contribution in [0.5, 0.6) is 5.75 Å². The van der Waals surface area contributed by atoms with Crippen molar-refractivity contribution in [3.8, 4) is 5.75 Å². The van der Waals surface area contributed by atoms with E-state index in [1.54, 1.807) is 6.07 Å². The zero-order valence-electron chi connectivity index (χ0n) is 10.4. The van der Waals surface area contributed by atoms with Crippen LogP contribution in [0.25, 0.3) is 0 Å². The van der Waals surface area contributed by atoms with Crippen LogP contribution in [0.4, 0.5) is 8.78 Å². The van der Waals surface area contributed by atoms with Gasteiger partial charge in [0.25, 0.3) is 0 Å². The molecule has 1 aliphatic heterocycles. The number of hydrogen-bond acceptors (Lipinski definition) is 3. The van der Waals surface area contributed by atoms with Crippen LogP contribution in [0.3, 0.4) is 0 Å². The predicted molar refractivity (Wildman–Crippen MR) is 68.6 cm³/mol. The molecule has 0 aromatic heterocycles. The van der Waals surface area contributed by atoms with Gasteiger partial charge in [0.15, 0.2) is 0 Å². The monoisotopic (exact) mass is 291 g/mol. The Balaban J connectivity index is 2.15. The highest BCUT2D eigenvalue weighted by Crippen LogP contribution is 2.28. The van der Waals surface area contributed by atoms with Crippen molar-refractivity contribution in [2.45, 2.75) is 32.0 Å². The van der Waals surface area contributed by atoms with E-state index >= 15 is 0 Å². The second-order valence-electron chi connectivity index (χ2n) is 4.58. The molecular formula is C13H16ClF2NO2. The molecule has 1 fully saturated rings. The molecule has 106 valence electrons. The Labute approximate surface area is 115 Å². The van der Waals surface area contributed by atoms with Gasteiger partial charge in [-0.15, -0.1) is 0 Å². The SMILES string of the molecule is OC[C@@H]1CCCN1Cc1cc(Cl)ccc1OC(F)F. The molecular weight excluding hydrogens is 276 g/mol. The second kappa shape index (κ2) is 6.50. The lowest BCUT2D eigenvalue weighted by Gasteiger charge is -2.23. The van der Waals surface area contributed by atoms with Gasteiger partial charge in [-0.25, -0.2) is 0 Å². The number of aliphatic hydroxyl groups excluding tert-OH is 1.